The van der Waals surface area contributed by atoms with Crippen molar-refractivity contribution in [3.05, 3.63) is 64.4 Å². The molecular weight excluding hydrogens is 290 g/mol. The number of aryl methyl sites for hydroxylation is 1. The molecule has 23 heavy (non-hydrogen) atoms. The lowest BCUT2D eigenvalue weighted by molar-refractivity contribution is 0.101. The van der Waals surface area contributed by atoms with E-state index in [1.807, 2.05) is 44.2 Å². The van der Waals surface area contributed by atoms with E-state index in [-0.39, 0.29) is 12.4 Å². The Morgan fingerprint density at radius 2 is 1.91 bits per heavy atom. The summed E-state index contributed by atoms with van der Waals surface area (Å²) in [5.41, 5.74) is 3.30. The van der Waals surface area contributed by atoms with Gasteiger partial charge < -0.3 is 9.47 Å². The number of ketones is 1. The number of hydrogen-bond acceptors (Lipinski definition) is 4. The predicted octanol–water partition coefficient (Wildman–Crippen LogP) is 3.82. The molecule has 114 valence electrons. The number of rotatable bonds is 3. The summed E-state index contributed by atoms with van der Waals surface area (Å²) in [6.45, 7) is 3.78. The van der Waals surface area contributed by atoms with Crippen molar-refractivity contribution in [2.45, 2.75) is 13.8 Å². The molecule has 0 saturated carbocycles. The van der Waals surface area contributed by atoms with Gasteiger partial charge in [-0.15, -0.1) is 0 Å². The number of hydrogen-bond donors (Lipinski definition) is 0. The fraction of sp³-hybridized carbons (Fsp3) is 0.158. The number of ether oxygens (including phenoxy) is 2. The van der Waals surface area contributed by atoms with Crippen LogP contribution in [-0.2, 0) is 0 Å². The third kappa shape index (κ3) is 2.82. The first-order valence-electron chi connectivity index (χ1n) is 7.24. The molecule has 1 aliphatic heterocycles. The van der Waals surface area contributed by atoms with E-state index >= 15 is 0 Å². The zero-order chi connectivity index (χ0) is 16.4. The molecule has 1 aliphatic rings. The van der Waals surface area contributed by atoms with Crippen LogP contribution in [0.2, 0.25) is 0 Å². The topological polar surface area (TPSA) is 59.3 Å². The van der Waals surface area contributed by atoms with Gasteiger partial charge in [-0.2, -0.15) is 5.26 Å². The van der Waals surface area contributed by atoms with Gasteiger partial charge in [0, 0.05) is 5.56 Å². The molecule has 2 aromatic carbocycles. The lowest BCUT2D eigenvalue weighted by Gasteiger charge is -2.08. The third-order valence-corrected chi connectivity index (χ3v) is 3.70. The van der Waals surface area contributed by atoms with E-state index in [2.05, 4.69) is 0 Å². The van der Waals surface area contributed by atoms with Crippen molar-refractivity contribution in [1.82, 2.24) is 0 Å². The van der Waals surface area contributed by atoms with Gasteiger partial charge in [0.05, 0.1) is 5.56 Å². The van der Waals surface area contributed by atoms with E-state index in [4.69, 9.17) is 14.7 Å². The molecule has 3 rings (SSSR count). The molecule has 0 N–H and O–H groups in total. The highest BCUT2D eigenvalue weighted by atomic mass is 16.5. The van der Waals surface area contributed by atoms with Gasteiger partial charge in [-0.05, 0) is 37.6 Å². The molecule has 0 fully saturated rings. The summed E-state index contributed by atoms with van der Waals surface area (Å²) in [5, 5.41) is 8.61. The number of carbonyl (C=O) groups excluding carboxylic acids is 1. The van der Waals surface area contributed by atoms with Crippen molar-refractivity contribution in [2.24, 2.45) is 0 Å². The molecule has 1 heterocycles. The zero-order valence-corrected chi connectivity index (χ0v) is 12.9. The van der Waals surface area contributed by atoms with Gasteiger partial charge in [-0.3, -0.25) is 4.79 Å². The Morgan fingerprint density at radius 3 is 2.61 bits per heavy atom. The molecule has 0 bridgehead atoms. The first-order chi connectivity index (χ1) is 11.1. The molecular formula is C19H15NO3. The normalized spacial score (nSPS) is 14.3. The van der Waals surface area contributed by atoms with Crippen molar-refractivity contribution in [3.8, 4) is 17.6 Å². The number of benzene rings is 2. The van der Waals surface area contributed by atoms with E-state index in [0.29, 0.717) is 22.8 Å². The summed E-state index contributed by atoms with van der Waals surface area (Å²) in [6.07, 6.45) is 1.73. The summed E-state index contributed by atoms with van der Waals surface area (Å²) in [5.74, 6) is 1.21. The molecule has 0 aromatic heterocycles. The SMILES string of the molecule is Cc1ccc(/C=C2\Oc3c(ccc(OCC#N)c3C)C2=O)cc1. The van der Waals surface area contributed by atoms with E-state index in [0.717, 1.165) is 16.7 Å². The second-order valence-corrected chi connectivity index (χ2v) is 5.36. The molecule has 0 unspecified atom stereocenters. The lowest BCUT2D eigenvalue weighted by Crippen LogP contribution is -1.98. The molecule has 0 spiro atoms. The lowest BCUT2D eigenvalue weighted by atomic mass is 10.1. The fourth-order valence-electron chi connectivity index (χ4n) is 2.45. The number of allylic oxidation sites excluding steroid dienone is 1. The summed E-state index contributed by atoms with van der Waals surface area (Å²) < 4.78 is 11.1. The van der Waals surface area contributed by atoms with Crippen LogP contribution in [0.25, 0.3) is 6.08 Å². The van der Waals surface area contributed by atoms with Crippen LogP contribution in [0.3, 0.4) is 0 Å². The van der Waals surface area contributed by atoms with Crippen LogP contribution < -0.4 is 9.47 Å². The largest absolute Gasteiger partial charge is 0.478 e. The molecule has 4 heteroatoms. The number of nitrogens with zero attached hydrogens (tertiary/aromatic N) is 1. The summed E-state index contributed by atoms with van der Waals surface area (Å²) in [6, 6.07) is 13.1. The summed E-state index contributed by atoms with van der Waals surface area (Å²) >= 11 is 0. The van der Waals surface area contributed by atoms with Gasteiger partial charge in [0.1, 0.15) is 17.6 Å². The Morgan fingerprint density at radius 1 is 1.17 bits per heavy atom. The molecule has 4 nitrogen and oxygen atoms in total. The highest BCUT2D eigenvalue weighted by Crippen LogP contribution is 2.39. The van der Waals surface area contributed by atoms with Crippen molar-refractivity contribution in [2.75, 3.05) is 6.61 Å². The predicted molar refractivity (Wildman–Crippen MR) is 86.4 cm³/mol. The maximum Gasteiger partial charge on any atom is 0.231 e. The zero-order valence-electron chi connectivity index (χ0n) is 12.9. The van der Waals surface area contributed by atoms with Gasteiger partial charge in [0.25, 0.3) is 0 Å². The van der Waals surface area contributed by atoms with Gasteiger partial charge >= 0.3 is 0 Å². The average Bonchev–Trinajstić information content (AvgIpc) is 2.86. The molecule has 2 aromatic rings. The second kappa shape index (κ2) is 5.98. The Bertz CT molecular complexity index is 842. The Balaban J connectivity index is 1.94. The smallest absolute Gasteiger partial charge is 0.231 e. The maximum absolute atomic E-state index is 12.5. The minimum absolute atomic E-state index is 0.0420. The van der Waals surface area contributed by atoms with Gasteiger partial charge in [0.2, 0.25) is 5.78 Å². The number of carbonyl (C=O) groups is 1. The maximum atomic E-state index is 12.5. The first kappa shape index (κ1) is 14.9. The standard InChI is InChI=1S/C19H15NO3/c1-12-3-5-14(6-4-12)11-17-18(21)15-7-8-16(22-10-9-20)13(2)19(15)23-17/h3-8,11H,10H2,1-2H3/b17-11-. The van der Waals surface area contributed by atoms with Crippen molar-refractivity contribution >= 4 is 11.9 Å². The van der Waals surface area contributed by atoms with Crippen LogP contribution in [0, 0.1) is 25.2 Å². The highest BCUT2D eigenvalue weighted by molar-refractivity contribution is 6.14. The minimum atomic E-state index is -0.143. The molecule has 0 radical (unpaired) electrons. The van der Waals surface area contributed by atoms with E-state index < -0.39 is 0 Å². The number of fused-ring (bicyclic) bond motifs is 1. The molecule has 0 amide bonds. The number of nitriles is 1. The second-order valence-electron chi connectivity index (χ2n) is 5.36. The van der Waals surface area contributed by atoms with Gasteiger partial charge in [-0.1, -0.05) is 29.8 Å². The van der Waals surface area contributed by atoms with E-state index in [1.165, 1.54) is 0 Å². The Kier molecular flexibility index (Phi) is 3.86. The van der Waals surface area contributed by atoms with Crippen LogP contribution >= 0.6 is 0 Å². The van der Waals surface area contributed by atoms with Crippen LogP contribution in [0.5, 0.6) is 11.5 Å². The summed E-state index contributed by atoms with van der Waals surface area (Å²) in [7, 11) is 0. The summed E-state index contributed by atoms with van der Waals surface area (Å²) in [4.78, 5) is 12.5. The van der Waals surface area contributed by atoms with E-state index in [1.54, 1.807) is 18.2 Å². The third-order valence-electron chi connectivity index (χ3n) is 3.70. The first-order valence-corrected chi connectivity index (χ1v) is 7.24. The quantitative estimate of drug-likeness (QED) is 0.809. The van der Waals surface area contributed by atoms with Crippen molar-refractivity contribution in [1.29, 1.82) is 5.26 Å². The Labute approximate surface area is 134 Å². The van der Waals surface area contributed by atoms with Crippen molar-refractivity contribution < 1.29 is 14.3 Å². The molecule has 0 saturated heterocycles. The van der Waals surface area contributed by atoms with Crippen LogP contribution in [0.1, 0.15) is 27.0 Å². The highest BCUT2D eigenvalue weighted by Gasteiger charge is 2.30. The van der Waals surface area contributed by atoms with Gasteiger partial charge in [0.15, 0.2) is 12.4 Å². The Hall–Kier alpha value is -3.06. The van der Waals surface area contributed by atoms with Crippen LogP contribution in [0.4, 0.5) is 0 Å². The van der Waals surface area contributed by atoms with Crippen molar-refractivity contribution in [3.63, 3.8) is 0 Å². The average molecular weight is 305 g/mol. The van der Waals surface area contributed by atoms with Crippen LogP contribution in [0.15, 0.2) is 42.2 Å². The monoisotopic (exact) mass is 305 g/mol. The minimum Gasteiger partial charge on any atom is -0.478 e. The molecule has 0 atom stereocenters. The van der Waals surface area contributed by atoms with E-state index in [9.17, 15) is 4.79 Å². The fourth-order valence-corrected chi connectivity index (χ4v) is 2.45. The molecule has 0 aliphatic carbocycles. The van der Waals surface area contributed by atoms with Crippen LogP contribution in [-0.4, -0.2) is 12.4 Å². The number of Topliss-reactive ketones (excluding diaryl/α,β-unsaturated/α-hetero) is 1. The van der Waals surface area contributed by atoms with Gasteiger partial charge in [-0.25, -0.2) is 0 Å².